The van der Waals surface area contributed by atoms with Crippen molar-refractivity contribution in [2.45, 2.75) is 43.9 Å². The van der Waals surface area contributed by atoms with Gasteiger partial charge in [-0.2, -0.15) is 0 Å². The molecule has 0 radical (unpaired) electrons. The second kappa shape index (κ2) is 7.50. The Morgan fingerprint density at radius 3 is 3.11 bits per heavy atom. The van der Waals surface area contributed by atoms with E-state index >= 15 is 0 Å². The minimum absolute atomic E-state index is 0.141. The Labute approximate surface area is 165 Å². The van der Waals surface area contributed by atoms with Crippen LogP contribution in [0.15, 0.2) is 30.5 Å². The molecule has 150 valence electrons. The molecule has 3 saturated heterocycles. The molecule has 6 heteroatoms. The van der Waals surface area contributed by atoms with Gasteiger partial charge in [0.1, 0.15) is 5.60 Å². The largest absolute Gasteiger partial charge is 0.377 e. The number of amides is 1. The molecule has 3 fully saturated rings. The number of likely N-dealkylation sites (tertiary alicyclic amines) is 1. The van der Waals surface area contributed by atoms with Crippen molar-refractivity contribution in [3.05, 3.63) is 36.0 Å². The molecule has 4 heterocycles. The lowest BCUT2D eigenvalue weighted by Gasteiger charge is -2.32. The Morgan fingerprint density at radius 2 is 2.21 bits per heavy atom. The fourth-order valence-electron chi connectivity index (χ4n) is 4.97. The van der Waals surface area contributed by atoms with Gasteiger partial charge in [-0.15, -0.1) is 0 Å². The first-order valence-electron chi connectivity index (χ1n) is 10.5. The molecule has 0 unspecified atom stereocenters. The predicted molar refractivity (Wildman–Crippen MR) is 107 cm³/mol. The van der Waals surface area contributed by atoms with E-state index in [1.54, 1.807) is 0 Å². The molecule has 6 nitrogen and oxygen atoms in total. The molecule has 1 N–H and O–H groups in total. The van der Waals surface area contributed by atoms with Crippen LogP contribution in [0.4, 0.5) is 0 Å². The fraction of sp³-hybridized carbons (Fsp3) is 0.591. The van der Waals surface area contributed by atoms with E-state index in [1.165, 1.54) is 16.5 Å². The lowest BCUT2D eigenvalue weighted by Crippen LogP contribution is -2.45. The zero-order valence-corrected chi connectivity index (χ0v) is 16.4. The number of aromatic amines is 1. The molecule has 1 amide bonds. The molecule has 0 saturated carbocycles. The van der Waals surface area contributed by atoms with Crippen molar-refractivity contribution in [3.8, 4) is 0 Å². The van der Waals surface area contributed by atoms with Crippen LogP contribution < -0.4 is 0 Å². The fourth-order valence-corrected chi connectivity index (χ4v) is 4.97. The van der Waals surface area contributed by atoms with Crippen LogP contribution in [0.3, 0.4) is 0 Å². The molecular formula is C22H29N3O3. The van der Waals surface area contributed by atoms with Gasteiger partial charge in [-0.1, -0.05) is 6.07 Å². The van der Waals surface area contributed by atoms with E-state index in [4.69, 9.17) is 9.47 Å². The van der Waals surface area contributed by atoms with E-state index in [9.17, 15) is 4.79 Å². The van der Waals surface area contributed by atoms with Crippen LogP contribution in [0.5, 0.6) is 0 Å². The number of hydrogen-bond acceptors (Lipinski definition) is 4. The molecule has 2 aromatic rings. The second-order valence-corrected chi connectivity index (χ2v) is 8.57. The van der Waals surface area contributed by atoms with Gasteiger partial charge in [0, 0.05) is 50.9 Å². The first-order chi connectivity index (χ1) is 13.7. The van der Waals surface area contributed by atoms with Crippen molar-refractivity contribution in [2.75, 3.05) is 39.4 Å². The summed E-state index contributed by atoms with van der Waals surface area (Å²) in [6.45, 7) is 5.75. The summed E-state index contributed by atoms with van der Waals surface area (Å²) in [4.78, 5) is 19.6. The third-order valence-corrected chi connectivity index (χ3v) is 6.39. The third-order valence-electron chi connectivity index (χ3n) is 6.39. The number of H-pyrrole nitrogens is 1. The summed E-state index contributed by atoms with van der Waals surface area (Å²) in [5.41, 5.74) is 2.27. The normalized spacial score (nSPS) is 29.2. The number of nitrogens with one attached hydrogen (secondary N) is 1. The summed E-state index contributed by atoms with van der Waals surface area (Å²) < 4.78 is 12.5. The van der Waals surface area contributed by atoms with Gasteiger partial charge in [0.2, 0.25) is 5.91 Å². The number of fused-ring (bicyclic) bond motifs is 1. The van der Waals surface area contributed by atoms with Gasteiger partial charge in [0.15, 0.2) is 0 Å². The summed E-state index contributed by atoms with van der Waals surface area (Å²) in [6, 6.07) is 8.75. The summed E-state index contributed by atoms with van der Waals surface area (Å²) in [5, 5.41) is 1.26. The number of carbonyl (C=O) groups is 1. The molecule has 0 bridgehead atoms. The van der Waals surface area contributed by atoms with Gasteiger partial charge in [0.25, 0.3) is 0 Å². The number of carbonyl (C=O) groups excluding carboxylic acids is 1. The monoisotopic (exact) mass is 383 g/mol. The van der Waals surface area contributed by atoms with Gasteiger partial charge >= 0.3 is 0 Å². The Hall–Kier alpha value is -1.89. The molecule has 0 aliphatic carbocycles. The molecule has 5 rings (SSSR count). The SMILES string of the molecule is O=C1CCCN1C[C@H]1CC[C@]2(COCCN(Cc3ccc4[nH]ccc4c3)C2)O1. The molecule has 1 aromatic heterocycles. The van der Waals surface area contributed by atoms with Crippen molar-refractivity contribution >= 4 is 16.8 Å². The molecule has 3 aliphatic heterocycles. The van der Waals surface area contributed by atoms with Crippen LogP contribution in [0, 0.1) is 0 Å². The third kappa shape index (κ3) is 3.69. The van der Waals surface area contributed by atoms with E-state index in [-0.39, 0.29) is 17.6 Å². The van der Waals surface area contributed by atoms with Gasteiger partial charge in [0.05, 0.1) is 19.3 Å². The molecule has 1 spiro atoms. The topological polar surface area (TPSA) is 57.8 Å². The zero-order valence-electron chi connectivity index (χ0n) is 16.4. The van der Waals surface area contributed by atoms with Gasteiger partial charge in [-0.3, -0.25) is 9.69 Å². The lowest BCUT2D eigenvalue weighted by molar-refractivity contribution is -0.132. The highest BCUT2D eigenvalue weighted by atomic mass is 16.6. The van der Waals surface area contributed by atoms with Crippen molar-refractivity contribution in [1.82, 2.24) is 14.8 Å². The van der Waals surface area contributed by atoms with Crippen LogP contribution in [-0.4, -0.2) is 71.8 Å². The van der Waals surface area contributed by atoms with E-state index in [0.29, 0.717) is 13.0 Å². The minimum atomic E-state index is -0.234. The van der Waals surface area contributed by atoms with Crippen molar-refractivity contribution in [3.63, 3.8) is 0 Å². The summed E-state index contributed by atoms with van der Waals surface area (Å²) in [5.74, 6) is 0.281. The highest BCUT2D eigenvalue weighted by molar-refractivity contribution is 5.80. The first-order valence-corrected chi connectivity index (χ1v) is 10.5. The number of benzene rings is 1. The number of hydrogen-bond donors (Lipinski definition) is 1. The minimum Gasteiger partial charge on any atom is -0.377 e. The number of ether oxygens (including phenoxy) is 2. The van der Waals surface area contributed by atoms with Gasteiger partial charge < -0.3 is 19.4 Å². The van der Waals surface area contributed by atoms with Gasteiger partial charge in [-0.05, 0) is 48.4 Å². The Kier molecular flexibility index (Phi) is 4.87. The van der Waals surface area contributed by atoms with Gasteiger partial charge in [-0.25, -0.2) is 0 Å². The van der Waals surface area contributed by atoms with Crippen LogP contribution in [0.25, 0.3) is 10.9 Å². The molecular weight excluding hydrogens is 354 g/mol. The lowest BCUT2D eigenvalue weighted by atomic mass is 9.99. The van der Waals surface area contributed by atoms with Crippen LogP contribution >= 0.6 is 0 Å². The molecule has 28 heavy (non-hydrogen) atoms. The molecule has 3 aliphatic rings. The predicted octanol–water partition coefficient (Wildman–Crippen LogP) is 2.54. The summed E-state index contributed by atoms with van der Waals surface area (Å²) >= 11 is 0. The standard InChI is InChI=1S/C22H29N3O3/c26-21-2-1-9-25(21)14-19-5-7-22(28-19)15-24(10-11-27-16-22)13-17-3-4-20-18(12-17)6-8-23-20/h3-4,6,8,12,19,23H,1-2,5,7,9-11,13-16H2/t19-,22+/m1/s1. The molecule has 2 atom stereocenters. The summed E-state index contributed by atoms with van der Waals surface area (Å²) in [6.07, 6.45) is 5.82. The Balaban J connectivity index is 1.24. The Bertz CT molecular complexity index is 850. The highest BCUT2D eigenvalue weighted by Crippen LogP contribution is 2.34. The number of aromatic nitrogens is 1. The maximum absolute atomic E-state index is 11.9. The zero-order chi connectivity index (χ0) is 19.0. The average Bonchev–Trinajstić information content (AvgIpc) is 3.37. The quantitative estimate of drug-likeness (QED) is 0.882. The number of nitrogens with zero attached hydrogens (tertiary/aromatic N) is 2. The van der Waals surface area contributed by atoms with Crippen molar-refractivity contribution < 1.29 is 14.3 Å². The van der Waals surface area contributed by atoms with E-state index in [2.05, 4.69) is 34.1 Å². The number of rotatable bonds is 4. The molecule has 1 aromatic carbocycles. The van der Waals surface area contributed by atoms with Crippen molar-refractivity contribution in [2.24, 2.45) is 0 Å². The van der Waals surface area contributed by atoms with E-state index in [0.717, 1.165) is 58.6 Å². The van der Waals surface area contributed by atoms with Crippen LogP contribution in [0.1, 0.15) is 31.2 Å². The maximum atomic E-state index is 11.9. The Morgan fingerprint density at radius 1 is 1.25 bits per heavy atom. The first kappa shape index (κ1) is 18.2. The van der Waals surface area contributed by atoms with Crippen LogP contribution in [0.2, 0.25) is 0 Å². The smallest absolute Gasteiger partial charge is 0.222 e. The van der Waals surface area contributed by atoms with E-state index in [1.807, 2.05) is 11.1 Å². The van der Waals surface area contributed by atoms with Crippen molar-refractivity contribution in [1.29, 1.82) is 0 Å². The van der Waals surface area contributed by atoms with E-state index < -0.39 is 0 Å². The van der Waals surface area contributed by atoms with Crippen LogP contribution in [-0.2, 0) is 20.8 Å². The maximum Gasteiger partial charge on any atom is 0.222 e. The summed E-state index contributed by atoms with van der Waals surface area (Å²) in [7, 11) is 0. The highest BCUT2D eigenvalue weighted by Gasteiger charge is 2.43. The second-order valence-electron chi connectivity index (χ2n) is 8.57. The average molecular weight is 383 g/mol.